The number of nitrogen functional groups attached to an aromatic ring is 1. The van der Waals surface area contributed by atoms with Gasteiger partial charge in [0.05, 0.1) is 0 Å². The minimum absolute atomic E-state index is 0.184. The first-order valence-corrected chi connectivity index (χ1v) is 4.05. The standard InChI is InChI=1S/C7H8BrN3O/c1-2-3-12-6-4-5(8)10-7(9)11-6/h2,4H,1,3H2,(H2,9,10,11). The van der Waals surface area contributed by atoms with E-state index in [0.29, 0.717) is 17.1 Å². The number of aromatic nitrogens is 2. The zero-order chi connectivity index (χ0) is 8.97. The second-order valence-electron chi connectivity index (χ2n) is 1.99. The van der Waals surface area contributed by atoms with Crippen LogP contribution in [0.5, 0.6) is 5.88 Å². The molecular weight excluding hydrogens is 222 g/mol. The lowest BCUT2D eigenvalue weighted by Crippen LogP contribution is -2.00. The van der Waals surface area contributed by atoms with Crippen LogP contribution in [-0.4, -0.2) is 16.6 Å². The normalized spacial score (nSPS) is 9.42. The predicted molar refractivity (Wildman–Crippen MR) is 49.8 cm³/mol. The lowest BCUT2D eigenvalue weighted by molar-refractivity contribution is 0.348. The summed E-state index contributed by atoms with van der Waals surface area (Å²) in [5.74, 6) is 0.623. The molecule has 1 aromatic heterocycles. The van der Waals surface area contributed by atoms with Crippen LogP contribution in [0.2, 0.25) is 0 Å². The van der Waals surface area contributed by atoms with Crippen LogP contribution in [-0.2, 0) is 0 Å². The van der Waals surface area contributed by atoms with E-state index < -0.39 is 0 Å². The van der Waals surface area contributed by atoms with Gasteiger partial charge in [-0.05, 0) is 15.9 Å². The molecular formula is C7H8BrN3O. The van der Waals surface area contributed by atoms with Gasteiger partial charge in [0.25, 0.3) is 0 Å². The van der Waals surface area contributed by atoms with Gasteiger partial charge in [-0.1, -0.05) is 12.7 Å². The molecule has 0 aliphatic rings. The van der Waals surface area contributed by atoms with E-state index >= 15 is 0 Å². The van der Waals surface area contributed by atoms with Crippen molar-refractivity contribution in [1.29, 1.82) is 0 Å². The van der Waals surface area contributed by atoms with Gasteiger partial charge in [0.1, 0.15) is 11.2 Å². The van der Waals surface area contributed by atoms with E-state index in [4.69, 9.17) is 10.5 Å². The number of nitrogens with zero attached hydrogens (tertiary/aromatic N) is 2. The zero-order valence-corrected chi connectivity index (χ0v) is 7.91. The van der Waals surface area contributed by atoms with Gasteiger partial charge in [-0.15, -0.1) is 0 Å². The van der Waals surface area contributed by atoms with E-state index in [1.807, 2.05) is 0 Å². The summed E-state index contributed by atoms with van der Waals surface area (Å²) in [6.07, 6.45) is 1.63. The smallest absolute Gasteiger partial charge is 0.224 e. The molecule has 0 saturated carbocycles. The fourth-order valence-corrected chi connectivity index (χ4v) is 1.01. The Bertz CT molecular complexity index is 270. The third-order valence-corrected chi connectivity index (χ3v) is 1.44. The van der Waals surface area contributed by atoms with Crippen LogP contribution in [0.4, 0.5) is 5.95 Å². The summed E-state index contributed by atoms with van der Waals surface area (Å²) >= 11 is 3.17. The van der Waals surface area contributed by atoms with Gasteiger partial charge in [0.15, 0.2) is 0 Å². The third kappa shape index (κ3) is 2.50. The van der Waals surface area contributed by atoms with E-state index in [1.54, 1.807) is 12.1 Å². The first-order chi connectivity index (χ1) is 5.72. The molecule has 0 unspecified atom stereocenters. The molecule has 0 aliphatic heterocycles. The van der Waals surface area contributed by atoms with Crippen molar-refractivity contribution in [2.75, 3.05) is 12.3 Å². The van der Waals surface area contributed by atoms with Gasteiger partial charge in [0, 0.05) is 6.07 Å². The average Bonchev–Trinajstić information content (AvgIpc) is 1.99. The highest BCUT2D eigenvalue weighted by atomic mass is 79.9. The summed E-state index contributed by atoms with van der Waals surface area (Å²) in [6, 6.07) is 1.64. The van der Waals surface area contributed by atoms with E-state index in [-0.39, 0.29) is 5.95 Å². The minimum Gasteiger partial charge on any atom is -0.473 e. The molecule has 1 aromatic rings. The van der Waals surface area contributed by atoms with Gasteiger partial charge in [0.2, 0.25) is 11.8 Å². The Morgan fingerprint density at radius 1 is 1.67 bits per heavy atom. The predicted octanol–water partition coefficient (Wildman–Crippen LogP) is 1.39. The number of halogens is 1. The summed E-state index contributed by atoms with van der Waals surface area (Å²) in [5, 5.41) is 0. The van der Waals surface area contributed by atoms with Crippen LogP contribution < -0.4 is 10.5 Å². The Balaban J connectivity index is 2.78. The van der Waals surface area contributed by atoms with Crippen LogP contribution in [0, 0.1) is 0 Å². The van der Waals surface area contributed by atoms with Gasteiger partial charge in [-0.2, -0.15) is 4.98 Å². The monoisotopic (exact) mass is 229 g/mol. The molecule has 0 radical (unpaired) electrons. The highest BCUT2D eigenvalue weighted by molar-refractivity contribution is 9.10. The zero-order valence-electron chi connectivity index (χ0n) is 6.33. The molecule has 0 aromatic carbocycles. The first-order valence-electron chi connectivity index (χ1n) is 3.26. The number of nitrogens with two attached hydrogens (primary N) is 1. The van der Waals surface area contributed by atoms with Gasteiger partial charge in [-0.25, -0.2) is 4.98 Å². The molecule has 0 aliphatic carbocycles. The highest BCUT2D eigenvalue weighted by Crippen LogP contribution is 2.14. The van der Waals surface area contributed by atoms with Gasteiger partial charge in [-0.3, -0.25) is 0 Å². The molecule has 0 amide bonds. The number of anilines is 1. The maximum absolute atomic E-state index is 5.37. The molecule has 1 rings (SSSR count). The van der Waals surface area contributed by atoms with Gasteiger partial charge >= 0.3 is 0 Å². The molecule has 2 N–H and O–H groups in total. The van der Waals surface area contributed by atoms with Crippen molar-refractivity contribution < 1.29 is 4.74 Å². The number of rotatable bonds is 3. The van der Waals surface area contributed by atoms with Crippen molar-refractivity contribution in [2.45, 2.75) is 0 Å². The van der Waals surface area contributed by atoms with E-state index in [2.05, 4.69) is 32.5 Å². The number of hydrogen-bond acceptors (Lipinski definition) is 4. The van der Waals surface area contributed by atoms with Crippen molar-refractivity contribution in [2.24, 2.45) is 0 Å². The number of hydrogen-bond donors (Lipinski definition) is 1. The second kappa shape index (κ2) is 4.06. The Labute approximate surface area is 78.6 Å². The van der Waals surface area contributed by atoms with Crippen molar-refractivity contribution in [3.05, 3.63) is 23.3 Å². The molecule has 0 spiro atoms. The molecule has 12 heavy (non-hydrogen) atoms. The van der Waals surface area contributed by atoms with Crippen molar-refractivity contribution in [3.8, 4) is 5.88 Å². The third-order valence-electron chi connectivity index (χ3n) is 1.04. The highest BCUT2D eigenvalue weighted by Gasteiger charge is 1.99. The van der Waals surface area contributed by atoms with Crippen molar-refractivity contribution in [3.63, 3.8) is 0 Å². The fourth-order valence-electron chi connectivity index (χ4n) is 0.632. The Kier molecular flexibility index (Phi) is 3.04. The quantitative estimate of drug-likeness (QED) is 0.629. The average molecular weight is 230 g/mol. The molecule has 0 fully saturated rings. The maximum Gasteiger partial charge on any atom is 0.224 e. The molecule has 0 atom stereocenters. The first kappa shape index (κ1) is 8.99. The minimum atomic E-state index is 0.184. The molecule has 64 valence electrons. The number of ether oxygens (including phenoxy) is 1. The fraction of sp³-hybridized carbons (Fsp3) is 0.143. The second-order valence-corrected chi connectivity index (χ2v) is 2.80. The van der Waals surface area contributed by atoms with Crippen LogP contribution in [0.3, 0.4) is 0 Å². The topological polar surface area (TPSA) is 61.0 Å². The van der Waals surface area contributed by atoms with Crippen molar-refractivity contribution >= 4 is 21.9 Å². The van der Waals surface area contributed by atoms with Crippen molar-refractivity contribution in [1.82, 2.24) is 9.97 Å². The van der Waals surface area contributed by atoms with E-state index in [9.17, 15) is 0 Å². The summed E-state index contributed by atoms with van der Waals surface area (Å²) < 4.78 is 5.74. The largest absolute Gasteiger partial charge is 0.473 e. The molecule has 0 bridgehead atoms. The van der Waals surface area contributed by atoms with Crippen LogP contribution in [0.1, 0.15) is 0 Å². The van der Waals surface area contributed by atoms with Crippen LogP contribution in [0.25, 0.3) is 0 Å². The molecule has 5 heteroatoms. The van der Waals surface area contributed by atoms with E-state index in [0.717, 1.165) is 0 Å². The molecule has 4 nitrogen and oxygen atoms in total. The molecule has 1 heterocycles. The van der Waals surface area contributed by atoms with Crippen LogP contribution >= 0.6 is 15.9 Å². The lowest BCUT2D eigenvalue weighted by Gasteiger charge is -2.02. The summed E-state index contributed by atoms with van der Waals surface area (Å²) in [7, 11) is 0. The SMILES string of the molecule is C=CCOc1cc(Br)nc(N)n1. The van der Waals surface area contributed by atoms with E-state index in [1.165, 1.54) is 0 Å². The lowest BCUT2D eigenvalue weighted by atomic mass is 10.6. The summed E-state index contributed by atoms with van der Waals surface area (Å²) in [6.45, 7) is 3.91. The molecule has 0 saturated heterocycles. The Hall–Kier alpha value is -1.10. The Morgan fingerprint density at radius 3 is 3.00 bits per heavy atom. The Morgan fingerprint density at radius 2 is 2.42 bits per heavy atom. The summed E-state index contributed by atoms with van der Waals surface area (Å²) in [5.41, 5.74) is 5.37. The summed E-state index contributed by atoms with van der Waals surface area (Å²) in [4.78, 5) is 7.66. The van der Waals surface area contributed by atoms with Crippen LogP contribution in [0.15, 0.2) is 23.3 Å². The van der Waals surface area contributed by atoms with Gasteiger partial charge < -0.3 is 10.5 Å². The maximum atomic E-state index is 5.37.